The van der Waals surface area contributed by atoms with E-state index in [4.69, 9.17) is 9.97 Å². The molecule has 0 saturated carbocycles. The first kappa shape index (κ1) is 45.9. The van der Waals surface area contributed by atoms with Crippen LogP contribution in [0.5, 0.6) is 0 Å². The number of rotatable bonds is 8. The summed E-state index contributed by atoms with van der Waals surface area (Å²) in [6, 6.07) is 102. The zero-order valence-corrected chi connectivity index (χ0v) is 45.3. The van der Waals surface area contributed by atoms with Gasteiger partial charge >= 0.3 is 21.1 Å². The molecule has 0 saturated heterocycles. The minimum absolute atomic E-state index is 0. The van der Waals surface area contributed by atoms with Crippen molar-refractivity contribution in [1.82, 2.24) is 18.9 Å². The summed E-state index contributed by atoms with van der Waals surface area (Å²) in [5.74, 6) is 0. The first-order valence-corrected chi connectivity index (χ1v) is 29.6. The molecule has 0 unspecified atom stereocenters. The summed E-state index contributed by atoms with van der Waals surface area (Å²) in [7, 11) is -6.50. The summed E-state index contributed by atoms with van der Waals surface area (Å²) in [4.78, 5) is 12.8. The molecule has 0 radical (unpaired) electrons. The molecule has 0 N–H and O–H groups in total. The number of fused-ring (bicyclic) bond motifs is 12. The normalized spacial score (nSPS) is 13.0. The molecule has 0 bridgehead atoms. The average molecular weight is 1180 g/mol. The number of benzene rings is 10. The van der Waals surface area contributed by atoms with E-state index in [1.807, 2.05) is 12.4 Å². The predicted molar refractivity (Wildman–Crippen MR) is 315 cm³/mol. The van der Waals surface area contributed by atoms with Crippen molar-refractivity contribution >= 4 is 124 Å². The van der Waals surface area contributed by atoms with E-state index >= 15 is 0 Å². The maximum Gasteiger partial charge on any atom is 2.00 e. The van der Waals surface area contributed by atoms with Gasteiger partial charge in [-0.3, -0.25) is 4.98 Å². The molecular weight excluding hydrogens is 1140 g/mol. The van der Waals surface area contributed by atoms with E-state index in [9.17, 15) is 0 Å². The SMILES string of the molecule is [Pt+2].[c-]1c(-n2c3ncccc3c3ccc4c(c32)[Si](c2ccccc2)(c2ccccc2)c2ccccc2N4c2ccccc2)cccc1[Si](c1[c-]c2c(cc1)c1ccccc1n1ccnc21)(c1ccccc1)c1ccccc1. The second-order valence-corrected chi connectivity index (χ2v) is 26.9. The zero-order valence-electron chi connectivity index (χ0n) is 41.0. The van der Waals surface area contributed by atoms with Crippen LogP contribution in [0.3, 0.4) is 0 Å². The second kappa shape index (κ2) is 18.3. The summed E-state index contributed by atoms with van der Waals surface area (Å²) in [6.45, 7) is 0. The van der Waals surface area contributed by atoms with Gasteiger partial charge < -0.3 is 13.9 Å². The summed E-state index contributed by atoms with van der Waals surface area (Å²) >= 11 is 0. The topological polar surface area (TPSA) is 38.4 Å². The Labute approximate surface area is 456 Å². The fourth-order valence-electron chi connectivity index (χ4n) is 12.8. The molecule has 4 aromatic heterocycles. The average Bonchev–Trinajstić information content (AvgIpc) is 4.28. The smallest absolute Gasteiger partial charge is 0.340 e. The van der Waals surface area contributed by atoms with Gasteiger partial charge in [-0.1, -0.05) is 193 Å². The van der Waals surface area contributed by atoms with Gasteiger partial charge in [0, 0.05) is 57.1 Å². The number of aromatic nitrogens is 4. The number of para-hydroxylation sites is 3. The van der Waals surface area contributed by atoms with E-state index in [-0.39, 0.29) is 21.1 Å². The second-order valence-electron chi connectivity index (χ2n) is 19.5. The standard InChI is InChI=1S/C68H45N5Si2.Pt/c1-6-22-48(23-7-1)72-62-37-18-19-38-64(62)75(52-29-12-4-13-30-52,53-31-14-5-15-32-53)66-63(72)42-41-58-59-35-21-43-69-68(59)73(65(58)66)49-24-20-33-54(46-49)74(50-25-8-2-9-26-50,51-27-10-3-11-28-51)55-39-40-56-57-34-16-17-36-61(57)71-45-44-70-67(71)60(56)47-55;/h1-45H;/q-2;+2. The Kier molecular flexibility index (Phi) is 11.0. The van der Waals surface area contributed by atoms with Crippen LogP contribution in [-0.2, 0) is 21.1 Å². The van der Waals surface area contributed by atoms with Gasteiger partial charge in [-0.05, 0) is 73.8 Å². The maximum atomic E-state index is 5.35. The number of imidazole rings is 1. The van der Waals surface area contributed by atoms with Crippen LogP contribution in [-0.4, -0.2) is 35.1 Å². The summed E-state index contributed by atoms with van der Waals surface area (Å²) in [5, 5.41) is 15.6. The first-order chi connectivity index (χ1) is 37.2. The van der Waals surface area contributed by atoms with Crippen molar-refractivity contribution in [2.45, 2.75) is 0 Å². The van der Waals surface area contributed by atoms with Crippen molar-refractivity contribution in [3.05, 3.63) is 286 Å². The maximum absolute atomic E-state index is 5.35. The number of anilines is 3. The molecule has 10 aromatic carbocycles. The molecule has 0 atom stereocenters. The molecule has 1 aliphatic rings. The summed E-state index contributed by atoms with van der Waals surface area (Å²) in [5.41, 5.74) is 8.44. The molecular formula is C68H45N5PtSi2. The molecule has 0 amide bonds. The van der Waals surface area contributed by atoms with Crippen LogP contribution in [0.15, 0.2) is 273 Å². The van der Waals surface area contributed by atoms with Gasteiger partial charge in [-0.2, -0.15) is 23.4 Å². The Morgan fingerprint density at radius 1 is 0.421 bits per heavy atom. The third kappa shape index (κ3) is 6.59. The largest absolute Gasteiger partial charge is 2.00 e. The van der Waals surface area contributed by atoms with Crippen LogP contribution in [0.4, 0.5) is 17.1 Å². The molecule has 0 fully saturated rings. The number of pyridine rings is 2. The Balaban J connectivity index is 0.00000528. The monoisotopic (exact) mass is 1180 g/mol. The fraction of sp³-hybridized carbons (Fsp3) is 0. The molecule has 0 aliphatic carbocycles. The van der Waals surface area contributed by atoms with Crippen molar-refractivity contribution in [3.63, 3.8) is 0 Å². The Hall–Kier alpha value is -8.72. The van der Waals surface area contributed by atoms with Crippen LogP contribution in [0.2, 0.25) is 0 Å². The molecule has 15 rings (SSSR count). The minimum Gasteiger partial charge on any atom is -0.340 e. The summed E-state index contributed by atoms with van der Waals surface area (Å²) in [6.07, 6.45) is 5.91. The molecule has 5 heterocycles. The van der Waals surface area contributed by atoms with Crippen LogP contribution in [0.1, 0.15) is 0 Å². The van der Waals surface area contributed by atoms with Crippen molar-refractivity contribution in [3.8, 4) is 5.69 Å². The van der Waals surface area contributed by atoms with E-state index in [2.05, 4.69) is 287 Å². The van der Waals surface area contributed by atoms with Crippen molar-refractivity contribution in [2.75, 3.05) is 4.90 Å². The molecule has 1 aliphatic heterocycles. The van der Waals surface area contributed by atoms with Crippen molar-refractivity contribution in [2.24, 2.45) is 0 Å². The van der Waals surface area contributed by atoms with Gasteiger partial charge in [-0.25, -0.2) is 4.98 Å². The van der Waals surface area contributed by atoms with Crippen LogP contribution >= 0.6 is 0 Å². The van der Waals surface area contributed by atoms with Gasteiger partial charge in [0.15, 0.2) is 8.07 Å². The Bertz CT molecular complexity index is 4410. The van der Waals surface area contributed by atoms with Gasteiger partial charge in [-0.15, -0.1) is 34.8 Å². The minimum atomic E-state index is -3.28. The fourth-order valence-corrected chi connectivity index (χ4v) is 22.6. The van der Waals surface area contributed by atoms with Gasteiger partial charge in [0.25, 0.3) is 0 Å². The van der Waals surface area contributed by atoms with Crippen molar-refractivity contribution < 1.29 is 21.1 Å². The van der Waals surface area contributed by atoms with Crippen LogP contribution in [0.25, 0.3) is 54.9 Å². The molecule has 0 spiro atoms. The Morgan fingerprint density at radius 2 is 1.01 bits per heavy atom. The zero-order chi connectivity index (χ0) is 49.5. The van der Waals surface area contributed by atoms with E-state index in [1.54, 1.807) is 0 Å². The predicted octanol–water partition coefficient (Wildman–Crippen LogP) is 10.3. The quantitative estimate of drug-likeness (QED) is 0.0659. The third-order valence-corrected chi connectivity index (χ3v) is 25.2. The van der Waals surface area contributed by atoms with Crippen LogP contribution < -0.4 is 46.4 Å². The number of nitrogens with zero attached hydrogens (tertiary/aromatic N) is 5. The van der Waals surface area contributed by atoms with Gasteiger partial charge in [0.2, 0.25) is 0 Å². The van der Waals surface area contributed by atoms with E-state index in [0.717, 1.165) is 71.3 Å². The molecule has 360 valence electrons. The Morgan fingerprint density at radius 3 is 1.74 bits per heavy atom. The van der Waals surface area contributed by atoms with E-state index in [0.29, 0.717) is 0 Å². The molecule has 14 aromatic rings. The van der Waals surface area contributed by atoms with Crippen molar-refractivity contribution in [1.29, 1.82) is 0 Å². The molecule has 76 heavy (non-hydrogen) atoms. The van der Waals surface area contributed by atoms with E-state index < -0.39 is 16.1 Å². The third-order valence-electron chi connectivity index (χ3n) is 15.8. The molecule has 5 nitrogen and oxygen atoms in total. The summed E-state index contributed by atoms with van der Waals surface area (Å²) < 4.78 is 4.66. The van der Waals surface area contributed by atoms with Gasteiger partial charge in [0.05, 0.1) is 11.2 Å². The first-order valence-electron chi connectivity index (χ1n) is 25.6. The van der Waals surface area contributed by atoms with E-state index in [1.165, 1.54) is 42.2 Å². The van der Waals surface area contributed by atoms with Gasteiger partial charge in [0.1, 0.15) is 13.7 Å². The number of hydrogen-bond acceptors (Lipinski definition) is 3. The number of hydrogen-bond donors (Lipinski definition) is 0. The van der Waals surface area contributed by atoms with Crippen LogP contribution in [0, 0.1) is 12.1 Å². The molecule has 8 heteroatoms.